The summed E-state index contributed by atoms with van der Waals surface area (Å²) in [4.78, 5) is 11.7. The fourth-order valence-corrected chi connectivity index (χ4v) is 4.80. The number of hydrogen-bond acceptors (Lipinski definition) is 2. The number of rotatable bonds is 5. The topological polar surface area (TPSA) is 26.3 Å². The number of fused-ring (bicyclic) bond motifs is 1. The Hall–Kier alpha value is -2.35. The maximum atomic E-state index is 11.7. The monoisotopic (exact) mass is 418 g/mol. The molecule has 1 aliphatic carbocycles. The number of benzene rings is 2. The maximum Gasteiger partial charge on any atom is 0.337 e. The van der Waals surface area contributed by atoms with Crippen LogP contribution in [0.5, 0.6) is 0 Å². The average molecular weight is 419 g/mol. The predicted octanol–water partition coefficient (Wildman–Crippen LogP) is 7.58. The summed E-state index contributed by atoms with van der Waals surface area (Å²) in [6, 6.07) is 12.6. The van der Waals surface area contributed by atoms with Gasteiger partial charge in [-0.15, -0.1) is 0 Å². The van der Waals surface area contributed by atoms with Crippen LogP contribution in [0.2, 0.25) is 0 Å². The lowest BCUT2D eigenvalue weighted by atomic mass is 9.62. The molecule has 166 valence electrons. The molecule has 2 aromatic carbocycles. The first-order chi connectivity index (χ1) is 14.4. The van der Waals surface area contributed by atoms with E-state index in [0.717, 1.165) is 12.0 Å². The minimum absolute atomic E-state index is 0.193. The summed E-state index contributed by atoms with van der Waals surface area (Å²) in [6.07, 6.45) is 5.75. The van der Waals surface area contributed by atoms with Crippen LogP contribution in [0.25, 0.3) is 11.6 Å². The van der Waals surface area contributed by atoms with Gasteiger partial charge in [0.1, 0.15) is 0 Å². The van der Waals surface area contributed by atoms with Crippen LogP contribution in [-0.4, -0.2) is 13.1 Å². The average Bonchev–Trinajstić information content (AvgIpc) is 2.70. The fourth-order valence-electron chi connectivity index (χ4n) is 4.80. The van der Waals surface area contributed by atoms with Crippen molar-refractivity contribution in [3.05, 3.63) is 69.8 Å². The van der Waals surface area contributed by atoms with E-state index in [9.17, 15) is 4.79 Å². The molecule has 0 unspecified atom stereocenters. The summed E-state index contributed by atoms with van der Waals surface area (Å²) in [6.45, 7) is 16.4. The lowest BCUT2D eigenvalue weighted by molar-refractivity contribution is 0.0600. The van der Waals surface area contributed by atoms with Crippen LogP contribution in [0, 0.1) is 5.92 Å². The molecule has 1 aliphatic rings. The van der Waals surface area contributed by atoms with Crippen molar-refractivity contribution in [3.63, 3.8) is 0 Å². The minimum Gasteiger partial charge on any atom is -0.465 e. The molecule has 0 aliphatic heterocycles. The largest absolute Gasteiger partial charge is 0.465 e. The second kappa shape index (κ2) is 8.65. The third kappa shape index (κ3) is 4.95. The molecular weight excluding hydrogens is 380 g/mol. The Morgan fingerprint density at radius 1 is 1.00 bits per heavy atom. The number of ether oxygens (including phenoxy) is 1. The van der Waals surface area contributed by atoms with Crippen molar-refractivity contribution in [2.45, 2.75) is 78.6 Å². The van der Waals surface area contributed by atoms with Gasteiger partial charge in [0.2, 0.25) is 0 Å². The second-order valence-electron chi connectivity index (χ2n) is 10.9. The van der Waals surface area contributed by atoms with Gasteiger partial charge in [-0.1, -0.05) is 71.9 Å². The summed E-state index contributed by atoms with van der Waals surface area (Å²) in [5, 5.41) is 0. The van der Waals surface area contributed by atoms with Gasteiger partial charge >= 0.3 is 5.97 Å². The molecule has 0 saturated heterocycles. The van der Waals surface area contributed by atoms with E-state index in [1.807, 2.05) is 24.3 Å². The first-order valence-electron chi connectivity index (χ1n) is 11.5. The zero-order chi connectivity index (χ0) is 23.0. The van der Waals surface area contributed by atoms with Crippen molar-refractivity contribution in [1.29, 1.82) is 0 Å². The molecular formula is C29H38O2. The number of carbonyl (C=O) groups is 1. The molecule has 0 N–H and O–H groups in total. The summed E-state index contributed by atoms with van der Waals surface area (Å²) >= 11 is 0. The van der Waals surface area contributed by atoms with Crippen molar-refractivity contribution < 1.29 is 9.53 Å². The van der Waals surface area contributed by atoms with Crippen LogP contribution < -0.4 is 0 Å². The van der Waals surface area contributed by atoms with Gasteiger partial charge in [-0.3, -0.25) is 0 Å². The van der Waals surface area contributed by atoms with Crippen LogP contribution in [-0.2, 0) is 22.0 Å². The molecule has 0 amide bonds. The van der Waals surface area contributed by atoms with Gasteiger partial charge in [-0.05, 0) is 88.5 Å². The van der Waals surface area contributed by atoms with E-state index in [2.05, 4.69) is 66.7 Å². The van der Waals surface area contributed by atoms with Gasteiger partial charge in [-0.25, -0.2) is 4.79 Å². The van der Waals surface area contributed by atoms with Gasteiger partial charge in [0.05, 0.1) is 12.7 Å². The molecule has 0 bridgehead atoms. The molecule has 0 fully saturated rings. The first-order valence-corrected chi connectivity index (χ1v) is 11.5. The Kier molecular flexibility index (Phi) is 6.51. The third-order valence-electron chi connectivity index (χ3n) is 6.84. The van der Waals surface area contributed by atoms with E-state index in [4.69, 9.17) is 4.74 Å². The van der Waals surface area contributed by atoms with Gasteiger partial charge in [0.15, 0.2) is 0 Å². The first kappa shape index (κ1) is 23.3. The number of methoxy groups -OCH3 is 1. The Morgan fingerprint density at radius 3 is 2.06 bits per heavy atom. The summed E-state index contributed by atoms with van der Waals surface area (Å²) in [5.74, 6) is 0.301. The van der Waals surface area contributed by atoms with Crippen molar-refractivity contribution in [3.8, 4) is 0 Å². The lowest BCUT2D eigenvalue weighted by Gasteiger charge is -2.42. The van der Waals surface area contributed by atoms with E-state index < -0.39 is 0 Å². The number of hydrogen-bond donors (Lipinski definition) is 0. The van der Waals surface area contributed by atoms with Crippen molar-refractivity contribution in [1.82, 2.24) is 0 Å². The zero-order valence-electron chi connectivity index (χ0n) is 20.6. The van der Waals surface area contributed by atoms with E-state index in [1.54, 1.807) is 0 Å². The molecule has 2 aromatic rings. The lowest BCUT2D eigenvalue weighted by Crippen LogP contribution is -2.34. The Balaban J connectivity index is 2.10. The molecule has 0 saturated carbocycles. The second-order valence-corrected chi connectivity index (χ2v) is 10.9. The van der Waals surface area contributed by atoms with Crippen LogP contribution in [0.1, 0.15) is 99.5 Å². The highest BCUT2D eigenvalue weighted by Crippen LogP contribution is 2.47. The molecule has 3 rings (SSSR count). The van der Waals surface area contributed by atoms with E-state index >= 15 is 0 Å². The predicted molar refractivity (Wildman–Crippen MR) is 132 cm³/mol. The van der Waals surface area contributed by atoms with Crippen LogP contribution in [0.3, 0.4) is 0 Å². The Labute approximate surface area is 188 Å². The standard InChI is InChI=1S/C29H38O2/c1-19(2)15-23-17-25-26(29(6,7)14-13-28(25,4)5)18-24(23)20(3)16-21-9-11-22(12-10-21)27(30)31-8/h9-12,16-19H,13-15H2,1-8H3. The maximum absolute atomic E-state index is 11.7. The summed E-state index contributed by atoms with van der Waals surface area (Å²) < 4.78 is 4.81. The number of allylic oxidation sites excluding steroid dienone is 1. The van der Waals surface area contributed by atoms with Crippen LogP contribution >= 0.6 is 0 Å². The van der Waals surface area contributed by atoms with Gasteiger partial charge in [0, 0.05) is 0 Å². The van der Waals surface area contributed by atoms with Crippen LogP contribution in [0.15, 0.2) is 36.4 Å². The van der Waals surface area contributed by atoms with Crippen molar-refractivity contribution >= 4 is 17.6 Å². The van der Waals surface area contributed by atoms with Gasteiger partial charge < -0.3 is 4.74 Å². The summed E-state index contributed by atoms with van der Waals surface area (Å²) in [5.41, 5.74) is 9.18. The van der Waals surface area contributed by atoms with E-state index in [1.165, 1.54) is 47.8 Å². The van der Waals surface area contributed by atoms with Gasteiger partial charge in [0.25, 0.3) is 0 Å². The number of esters is 1. The normalized spacial score (nSPS) is 17.4. The molecule has 0 spiro atoms. The molecule has 0 atom stereocenters. The van der Waals surface area contributed by atoms with E-state index in [0.29, 0.717) is 11.5 Å². The highest BCUT2D eigenvalue weighted by molar-refractivity contribution is 5.90. The quantitative estimate of drug-likeness (QED) is 0.369. The van der Waals surface area contributed by atoms with Crippen LogP contribution in [0.4, 0.5) is 0 Å². The smallest absolute Gasteiger partial charge is 0.337 e. The highest BCUT2D eigenvalue weighted by atomic mass is 16.5. The minimum atomic E-state index is -0.300. The fraction of sp³-hybridized carbons (Fsp3) is 0.483. The molecule has 0 heterocycles. The third-order valence-corrected chi connectivity index (χ3v) is 6.84. The van der Waals surface area contributed by atoms with Crippen molar-refractivity contribution in [2.75, 3.05) is 7.11 Å². The Morgan fingerprint density at radius 2 is 1.55 bits per heavy atom. The molecule has 0 radical (unpaired) electrons. The molecule has 2 nitrogen and oxygen atoms in total. The zero-order valence-corrected chi connectivity index (χ0v) is 20.6. The highest BCUT2D eigenvalue weighted by Gasteiger charge is 2.37. The summed E-state index contributed by atoms with van der Waals surface area (Å²) in [7, 11) is 1.41. The molecule has 0 aromatic heterocycles. The SMILES string of the molecule is COC(=O)c1ccc(C=C(C)c2cc3c(cc2CC(C)C)C(C)(C)CCC3(C)C)cc1. The molecule has 2 heteroatoms. The van der Waals surface area contributed by atoms with E-state index in [-0.39, 0.29) is 16.8 Å². The molecule has 31 heavy (non-hydrogen) atoms. The Bertz CT molecular complexity index is 988. The van der Waals surface area contributed by atoms with Gasteiger partial charge in [-0.2, -0.15) is 0 Å². The van der Waals surface area contributed by atoms with Crippen molar-refractivity contribution in [2.24, 2.45) is 5.92 Å². The number of carbonyl (C=O) groups excluding carboxylic acids is 1.